The molecule has 154 valence electrons. The van der Waals surface area contributed by atoms with Crippen LogP contribution in [0, 0.1) is 0 Å². The summed E-state index contributed by atoms with van der Waals surface area (Å²) in [6.07, 6.45) is 1.57. The lowest BCUT2D eigenvalue weighted by atomic mass is 10.3. The molecule has 0 atom stereocenters. The van der Waals surface area contributed by atoms with Gasteiger partial charge in [-0.2, -0.15) is 0 Å². The van der Waals surface area contributed by atoms with Gasteiger partial charge in [-0.25, -0.2) is 4.98 Å². The Labute approximate surface area is 170 Å². The fraction of sp³-hybridized carbons (Fsp3) is 0.364. The molecule has 0 radical (unpaired) electrons. The van der Waals surface area contributed by atoms with E-state index in [1.807, 2.05) is 42.5 Å². The number of rotatable bonds is 11. The molecule has 3 aromatic rings. The number of imidazole rings is 1. The number of methoxy groups -OCH3 is 2. The van der Waals surface area contributed by atoms with Crippen molar-refractivity contribution < 1.29 is 19.0 Å². The van der Waals surface area contributed by atoms with Gasteiger partial charge >= 0.3 is 0 Å². The molecular weight excluding hydrogens is 370 g/mol. The standard InChI is InChI=1S/C22H27N3O4/c1-27-16-22(26)23-13-5-8-21-24-19-6-3-4-7-20(19)25(21)14-15-29-18-11-9-17(28-2)10-12-18/h3-4,6-7,9-12H,5,8,13-16H2,1-2H3,(H,23,26). The van der Waals surface area contributed by atoms with E-state index in [2.05, 4.69) is 16.0 Å². The van der Waals surface area contributed by atoms with Crippen LogP contribution < -0.4 is 14.8 Å². The van der Waals surface area contributed by atoms with Crippen LogP contribution in [0.4, 0.5) is 0 Å². The summed E-state index contributed by atoms with van der Waals surface area (Å²) in [5.41, 5.74) is 2.06. The van der Waals surface area contributed by atoms with E-state index in [0.29, 0.717) is 19.7 Å². The Morgan fingerprint density at radius 1 is 1.07 bits per heavy atom. The first-order valence-corrected chi connectivity index (χ1v) is 9.68. The molecule has 0 aliphatic rings. The van der Waals surface area contributed by atoms with E-state index in [0.717, 1.165) is 41.2 Å². The molecule has 0 unspecified atom stereocenters. The van der Waals surface area contributed by atoms with E-state index >= 15 is 0 Å². The molecule has 1 heterocycles. The lowest BCUT2D eigenvalue weighted by Gasteiger charge is -2.11. The first kappa shape index (κ1) is 20.7. The van der Waals surface area contributed by atoms with Crippen LogP contribution in [0.2, 0.25) is 0 Å². The molecule has 3 rings (SSSR count). The first-order chi connectivity index (χ1) is 14.2. The maximum Gasteiger partial charge on any atom is 0.245 e. The summed E-state index contributed by atoms with van der Waals surface area (Å²) in [5.74, 6) is 2.50. The predicted molar refractivity (Wildman–Crippen MR) is 111 cm³/mol. The summed E-state index contributed by atoms with van der Waals surface area (Å²) in [7, 11) is 3.15. The fourth-order valence-electron chi connectivity index (χ4n) is 3.15. The Morgan fingerprint density at radius 3 is 2.59 bits per heavy atom. The smallest absolute Gasteiger partial charge is 0.245 e. The van der Waals surface area contributed by atoms with Crippen molar-refractivity contribution in [3.05, 3.63) is 54.4 Å². The number of aryl methyl sites for hydroxylation is 1. The molecule has 2 aromatic carbocycles. The minimum absolute atomic E-state index is 0.0845. The van der Waals surface area contributed by atoms with Crippen molar-refractivity contribution in [3.8, 4) is 11.5 Å². The van der Waals surface area contributed by atoms with E-state index in [1.165, 1.54) is 7.11 Å². The zero-order chi connectivity index (χ0) is 20.5. The van der Waals surface area contributed by atoms with Crippen molar-refractivity contribution in [2.24, 2.45) is 0 Å². The molecule has 0 aliphatic heterocycles. The van der Waals surface area contributed by atoms with E-state index in [1.54, 1.807) is 7.11 Å². The predicted octanol–water partition coefficient (Wildman–Crippen LogP) is 2.82. The zero-order valence-corrected chi connectivity index (χ0v) is 16.9. The van der Waals surface area contributed by atoms with Gasteiger partial charge in [-0.3, -0.25) is 4.79 Å². The summed E-state index contributed by atoms with van der Waals surface area (Å²) in [4.78, 5) is 16.3. The number of amides is 1. The fourth-order valence-corrected chi connectivity index (χ4v) is 3.15. The summed E-state index contributed by atoms with van der Waals surface area (Å²) in [6.45, 7) is 1.90. The molecule has 7 nitrogen and oxygen atoms in total. The number of ether oxygens (including phenoxy) is 3. The number of nitrogens with one attached hydrogen (secondary N) is 1. The number of benzene rings is 2. The largest absolute Gasteiger partial charge is 0.497 e. The molecule has 0 aliphatic carbocycles. The molecule has 0 fully saturated rings. The van der Waals surface area contributed by atoms with E-state index in [9.17, 15) is 4.79 Å². The van der Waals surface area contributed by atoms with Gasteiger partial charge in [0.05, 0.1) is 24.7 Å². The van der Waals surface area contributed by atoms with Crippen LogP contribution in [-0.4, -0.2) is 49.4 Å². The van der Waals surface area contributed by atoms with E-state index in [4.69, 9.17) is 19.2 Å². The topological polar surface area (TPSA) is 74.6 Å². The highest BCUT2D eigenvalue weighted by Gasteiger charge is 2.11. The number of nitrogens with zero attached hydrogens (tertiary/aromatic N) is 2. The number of hydrogen-bond acceptors (Lipinski definition) is 5. The third-order valence-electron chi connectivity index (χ3n) is 4.55. The summed E-state index contributed by atoms with van der Waals surface area (Å²) >= 11 is 0. The monoisotopic (exact) mass is 397 g/mol. The third kappa shape index (κ3) is 5.71. The Hall–Kier alpha value is -3.06. The Bertz CT molecular complexity index is 921. The second-order valence-electron chi connectivity index (χ2n) is 6.58. The lowest BCUT2D eigenvalue weighted by Crippen LogP contribution is -2.28. The van der Waals surface area contributed by atoms with Gasteiger partial charge in [0, 0.05) is 20.1 Å². The molecule has 1 N–H and O–H groups in total. The van der Waals surface area contributed by atoms with Crippen molar-refractivity contribution in [2.45, 2.75) is 19.4 Å². The van der Waals surface area contributed by atoms with Crippen LogP contribution in [0.3, 0.4) is 0 Å². The van der Waals surface area contributed by atoms with E-state index in [-0.39, 0.29) is 12.5 Å². The molecule has 29 heavy (non-hydrogen) atoms. The molecule has 0 bridgehead atoms. The van der Waals surface area contributed by atoms with Gasteiger partial charge in [0.2, 0.25) is 5.91 Å². The van der Waals surface area contributed by atoms with Crippen molar-refractivity contribution in [2.75, 3.05) is 34.0 Å². The van der Waals surface area contributed by atoms with Gasteiger partial charge in [-0.1, -0.05) is 12.1 Å². The molecule has 0 saturated carbocycles. The second kappa shape index (κ2) is 10.5. The van der Waals surface area contributed by atoms with Crippen LogP contribution in [0.1, 0.15) is 12.2 Å². The molecule has 7 heteroatoms. The first-order valence-electron chi connectivity index (χ1n) is 9.68. The SMILES string of the molecule is COCC(=O)NCCCc1nc2ccccc2n1CCOc1ccc(OC)cc1. The van der Waals surface area contributed by atoms with Gasteiger partial charge in [-0.05, 0) is 42.8 Å². The normalized spacial score (nSPS) is 10.8. The average molecular weight is 397 g/mol. The number of hydrogen-bond donors (Lipinski definition) is 1. The van der Waals surface area contributed by atoms with Crippen molar-refractivity contribution in [3.63, 3.8) is 0 Å². The Kier molecular flexibility index (Phi) is 7.47. The quantitative estimate of drug-likeness (QED) is 0.504. The lowest BCUT2D eigenvalue weighted by molar-refractivity contribution is -0.124. The second-order valence-corrected chi connectivity index (χ2v) is 6.58. The summed E-state index contributed by atoms with van der Waals surface area (Å²) < 4.78 is 18.1. The molecule has 0 spiro atoms. The van der Waals surface area contributed by atoms with E-state index < -0.39 is 0 Å². The number of aromatic nitrogens is 2. The van der Waals surface area contributed by atoms with Crippen LogP contribution >= 0.6 is 0 Å². The molecule has 0 saturated heterocycles. The maximum atomic E-state index is 11.5. The maximum absolute atomic E-state index is 11.5. The van der Waals surface area contributed by atoms with Gasteiger partial charge in [0.15, 0.2) is 0 Å². The summed E-state index contributed by atoms with van der Waals surface area (Å²) in [6, 6.07) is 15.6. The van der Waals surface area contributed by atoms with Crippen LogP contribution in [-0.2, 0) is 22.5 Å². The van der Waals surface area contributed by atoms with Gasteiger partial charge in [-0.15, -0.1) is 0 Å². The van der Waals surface area contributed by atoms with Crippen molar-refractivity contribution >= 4 is 16.9 Å². The number of carbonyl (C=O) groups excluding carboxylic acids is 1. The van der Waals surface area contributed by atoms with Gasteiger partial charge < -0.3 is 24.1 Å². The van der Waals surface area contributed by atoms with Gasteiger partial charge in [0.25, 0.3) is 0 Å². The number of carbonyl (C=O) groups is 1. The van der Waals surface area contributed by atoms with Crippen molar-refractivity contribution in [1.29, 1.82) is 0 Å². The average Bonchev–Trinajstić information content (AvgIpc) is 3.09. The minimum atomic E-state index is -0.103. The zero-order valence-electron chi connectivity index (χ0n) is 16.9. The van der Waals surface area contributed by atoms with Crippen LogP contribution in [0.5, 0.6) is 11.5 Å². The number of fused-ring (bicyclic) bond motifs is 1. The molecular formula is C22H27N3O4. The summed E-state index contributed by atoms with van der Waals surface area (Å²) in [5, 5.41) is 2.85. The highest BCUT2D eigenvalue weighted by atomic mass is 16.5. The number of para-hydroxylation sites is 2. The Morgan fingerprint density at radius 2 is 1.83 bits per heavy atom. The molecule has 1 aromatic heterocycles. The third-order valence-corrected chi connectivity index (χ3v) is 4.55. The minimum Gasteiger partial charge on any atom is -0.497 e. The van der Waals surface area contributed by atoms with Crippen molar-refractivity contribution in [1.82, 2.24) is 14.9 Å². The van der Waals surface area contributed by atoms with Crippen LogP contribution in [0.25, 0.3) is 11.0 Å². The highest BCUT2D eigenvalue weighted by molar-refractivity contribution is 5.77. The highest BCUT2D eigenvalue weighted by Crippen LogP contribution is 2.19. The van der Waals surface area contributed by atoms with Gasteiger partial charge in [0.1, 0.15) is 30.5 Å². The molecule has 1 amide bonds. The van der Waals surface area contributed by atoms with Crippen LogP contribution in [0.15, 0.2) is 48.5 Å². The Balaban J connectivity index is 1.60.